The number of methoxy groups -OCH3 is 1. The largest absolute Gasteiger partial charge is 0.481 e. The lowest BCUT2D eigenvalue weighted by atomic mass is 9.80. The second kappa shape index (κ2) is 8.37. The normalized spacial score (nSPS) is 20.7. The number of hydrogen-bond acceptors (Lipinski definition) is 5. The number of sulfonamides is 1. The van der Waals surface area contributed by atoms with E-state index in [0.29, 0.717) is 24.9 Å². The minimum absolute atomic E-state index is 0.0319. The molecule has 0 bridgehead atoms. The molecule has 0 aromatic heterocycles. The zero-order valence-electron chi connectivity index (χ0n) is 15.8. The van der Waals surface area contributed by atoms with E-state index < -0.39 is 21.4 Å². The van der Waals surface area contributed by atoms with Crippen molar-refractivity contribution in [1.82, 2.24) is 9.62 Å². The second-order valence-electron chi connectivity index (χ2n) is 7.15. The van der Waals surface area contributed by atoms with Crippen molar-refractivity contribution in [2.75, 3.05) is 26.8 Å². The van der Waals surface area contributed by atoms with Crippen molar-refractivity contribution >= 4 is 21.9 Å². The summed E-state index contributed by atoms with van der Waals surface area (Å²) in [4.78, 5) is 26.1. The third kappa shape index (κ3) is 4.85. The first kappa shape index (κ1) is 21.3. The molecule has 1 aromatic carbocycles. The summed E-state index contributed by atoms with van der Waals surface area (Å²) < 4.78 is 31.9. The number of rotatable bonds is 7. The van der Waals surface area contributed by atoms with E-state index in [1.165, 1.54) is 36.3 Å². The van der Waals surface area contributed by atoms with Gasteiger partial charge in [0, 0.05) is 31.8 Å². The third-order valence-corrected chi connectivity index (χ3v) is 6.22. The summed E-state index contributed by atoms with van der Waals surface area (Å²) in [7, 11) is -2.19. The molecule has 1 saturated heterocycles. The molecule has 2 N–H and O–H groups in total. The topological polar surface area (TPSA) is 113 Å². The van der Waals surface area contributed by atoms with Crippen LogP contribution in [0.25, 0.3) is 0 Å². The Morgan fingerprint density at radius 2 is 1.93 bits per heavy atom. The predicted octanol–water partition coefficient (Wildman–Crippen LogP) is 1.33. The van der Waals surface area contributed by atoms with Gasteiger partial charge in [-0.1, -0.05) is 0 Å². The number of nitrogens with zero attached hydrogens (tertiary/aromatic N) is 1. The van der Waals surface area contributed by atoms with Gasteiger partial charge in [-0.3, -0.25) is 9.59 Å². The Morgan fingerprint density at radius 3 is 2.44 bits per heavy atom. The summed E-state index contributed by atoms with van der Waals surface area (Å²) in [6, 6.07) is 5.41. The molecule has 1 amide bonds. The smallest absolute Gasteiger partial charge is 0.313 e. The van der Waals surface area contributed by atoms with Crippen molar-refractivity contribution in [3.63, 3.8) is 0 Å². The van der Waals surface area contributed by atoms with Gasteiger partial charge >= 0.3 is 5.97 Å². The maximum absolute atomic E-state index is 12.8. The van der Waals surface area contributed by atoms with Crippen LogP contribution in [0, 0.1) is 5.41 Å². The summed E-state index contributed by atoms with van der Waals surface area (Å²) in [6.07, 6.45) is 1.00. The second-order valence-corrected chi connectivity index (χ2v) is 8.86. The van der Waals surface area contributed by atoms with Crippen LogP contribution < -0.4 is 4.72 Å². The summed E-state index contributed by atoms with van der Waals surface area (Å²) in [5, 5.41) is 9.60. The molecule has 0 saturated carbocycles. The van der Waals surface area contributed by atoms with Crippen LogP contribution in [0.1, 0.15) is 37.0 Å². The number of carboxylic acid groups (broad SMARTS) is 1. The van der Waals surface area contributed by atoms with E-state index in [9.17, 15) is 23.1 Å². The van der Waals surface area contributed by atoms with E-state index in [2.05, 4.69) is 4.72 Å². The van der Waals surface area contributed by atoms with Crippen LogP contribution in [0.5, 0.6) is 0 Å². The molecule has 0 spiro atoms. The van der Waals surface area contributed by atoms with Crippen molar-refractivity contribution in [2.24, 2.45) is 5.41 Å². The molecular formula is C18H26N2O6S. The van der Waals surface area contributed by atoms with Crippen molar-refractivity contribution in [3.8, 4) is 0 Å². The maximum atomic E-state index is 12.8. The maximum Gasteiger partial charge on any atom is 0.313 e. The highest BCUT2D eigenvalue weighted by Gasteiger charge is 2.44. The SMILES string of the molecule is COCC1(C(=O)O)CCCN(C(=O)c2ccc(S(=O)(=O)NC(C)C)cc2)C1. The van der Waals surface area contributed by atoms with Crippen molar-refractivity contribution in [3.05, 3.63) is 29.8 Å². The molecule has 1 atom stereocenters. The molecule has 27 heavy (non-hydrogen) atoms. The number of benzene rings is 1. The van der Waals surface area contributed by atoms with Gasteiger partial charge in [0.05, 0.1) is 11.5 Å². The van der Waals surface area contributed by atoms with Gasteiger partial charge in [-0.25, -0.2) is 13.1 Å². The van der Waals surface area contributed by atoms with E-state index in [1.54, 1.807) is 13.8 Å². The van der Waals surface area contributed by atoms with Crippen molar-refractivity contribution in [2.45, 2.75) is 37.6 Å². The van der Waals surface area contributed by atoms with Gasteiger partial charge in [-0.15, -0.1) is 0 Å². The number of likely N-dealkylation sites (tertiary alicyclic amines) is 1. The minimum atomic E-state index is -3.63. The van der Waals surface area contributed by atoms with Gasteiger partial charge in [-0.2, -0.15) is 0 Å². The van der Waals surface area contributed by atoms with Crippen LogP contribution >= 0.6 is 0 Å². The van der Waals surface area contributed by atoms with E-state index in [4.69, 9.17) is 4.74 Å². The molecule has 2 rings (SSSR count). The monoisotopic (exact) mass is 398 g/mol. The molecule has 0 radical (unpaired) electrons. The van der Waals surface area contributed by atoms with E-state index in [1.807, 2.05) is 0 Å². The van der Waals surface area contributed by atoms with Gasteiger partial charge in [-0.05, 0) is 51.0 Å². The number of hydrogen-bond donors (Lipinski definition) is 2. The molecule has 1 heterocycles. The van der Waals surface area contributed by atoms with Crippen molar-refractivity contribution < 1.29 is 27.9 Å². The van der Waals surface area contributed by atoms with Gasteiger partial charge in [0.2, 0.25) is 10.0 Å². The van der Waals surface area contributed by atoms with Gasteiger partial charge in [0.15, 0.2) is 0 Å². The average Bonchev–Trinajstić information content (AvgIpc) is 2.60. The predicted molar refractivity (Wildman–Crippen MR) is 99.0 cm³/mol. The zero-order valence-corrected chi connectivity index (χ0v) is 16.6. The van der Waals surface area contributed by atoms with Gasteiger partial charge < -0.3 is 14.7 Å². The van der Waals surface area contributed by atoms with E-state index in [-0.39, 0.29) is 30.0 Å². The van der Waals surface area contributed by atoms with E-state index in [0.717, 1.165) is 0 Å². The number of carbonyl (C=O) groups excluding carboxylic acids is 1. The number of carbonyl (C=O) groups is 2. The number of aliphatic carboxylic acids is 1. The van der Waals surface area contributed by atoms with Crippen molar-refractivity contribution in [1.29, 1.82) is 0 Å². The molecule has 1 unspecified atom stereocenters. The number of piperidine rings is 1. The highest BCUT2D eigenvalue weighted by atomic mass is 32.2. The summed E-state index contributed by atoms with van der Waals surface area (Å²) in [6.45, 7) is 3.99. The standard InChI is InChI=1S/C18H26N2O6S/c1-13(2)19-27(24,25)15-7-5-14(6-8-15)16(21)20-10-4-9-18(11-20,12-26-3)17(22)23/h5-8,13,19H,4,9-12H2,1-3H3,(H,22,23). The van der Waals surface area contributed by atoms with Crippen LogP contribution in [-0.4, -0.2) is 63.1 Å². The first-order chi connectivity index (χ1) is 12.6. The number of ether oxygens (including phenoxy) is 1. The fourth-order valence-electron chi connectivity index (χ4n) is 3.27. The molecule has 1 aliphatic heterocycles. The quantitative estimate of drug-likeness (QED) is 0.716. The van der Waals surface area contributed by atoms with Gasteiger partial charge in [0.25, 0.3) is 5.91 Å². The summed E-state index contributed by atoms with van der Waals surface area (Å²) in [5.41, 5.74) is -0.801. The van der Waals surface area contributed by atoms with Crippen LogP contribution in [0.4, 0.5) is 0 Å². The summed E-state index contributed by atoms with van der Waals surface area (Å²) in [5.74, 6) is -1.31. The Labute approximate surface area is 159 Å². The Balaban J connectivity index is 2.19. The lowest BCUT2D eigenvalue weighted by Gasteiger charge is -2.39. The molecule has 0 aliphatic carbocycles. The van der Waals surface area contributed by atoms with Gasteiger partial charge in [0.1, 0.15) is 5.41 Å². The van der Waals surface area contributed by atoms with Crippen LogP contribution in [0.3, 0.4) is 0 Å². The van der Waals surface area contributed by atoms with Crippen LogP contribution in [-0.2, 0) is 19.6 Å². The highest BCUT2D eigenvalue weighted by molar-refractivity contribution is 7.89. The van der Waals surface area contributed by atoms with Crippen LogP contribution in [0.15, 0.2) is 29.2 Å². The fraction of sp³-hybridized carbons (Fsp3) is 0.556. The Hall–Kier alpha value is -1.97. The van der Waals surface area contributed by atoms with E-state index >= 15 is 0 Å². The zero-order chi connectivity index (χ0) is 20.2. The highest BCUT2D eigenvalue weighted by Crippen LogP contribution is 2.31. The third-order valence-electron chi connectivity index (χ3n) is 4.54. The lowest BCUT2D eigenvalue weighted by Crippen LogP contribution is -2.52. The lowest BCUT2D eigenvalue weighted by molar-refractivity contribution is -0.155. The number of carboxylic acids is 1. The molecule has 1 fully saturated rings. The minimum Gasteiger partial charge on any atom is -0.481 e. The molecule has 1 aromatic rings. The number of nitrogens with one attached hydrogen (secondary N) is 1. The number of amides is 1. The molecular weight excluding hydrogens is 372 g/mol. The fourth-order valence-corrected chi connectivity index (χ4v) is 4.52. The average molecular weight is 398 g/mol. The Bertz CT molecular complexity index is 787. The molecule has 8 nitrogen and oxygen atoms in total. The molecule has 1 aliphatic rings. The Morgan fingerprint density at radius 1 is 1.30 bits per heavy atom. The molecule has 9 heteroatoms. The first-order valence-electron chi connectivity index (χ1n) is 8.75. The molecule has 150 valence electrons. The first-order valence-corrected chi connectivity index (χ1v) is 10.2. The van der Waals surface area contributed by atoms with Crippen LogP contribution in [0.2, 0.25) is 0 Å². The Kier molecular flexibility index (Phi) is 6.61. The summed E-state index contributed by atoms with van der Waals surface area (Å²) >= 11 is 0.